The maximum absolute atomic E-state index is 12.8. The molecule has 0 aliphatic heterocycles. The van der Waals surface area contributed by atoms with E-state index >= 15 is 0 Å². The number of thiophene rings is 1. The van der Waals surface area contributed by atoms with Crippen molar-refractivity contribution in [1.82, 2.24) is 15.3 Å². The van der Waals surface area contributed by atoms with Crippen LogP contribution in [0.5, 0.6) is 0 Å². The molecule has 0 saturated carbocycles. The van der Waals surface area contributed by atoms with E-state index in [9.17, 15) is 4.79 Å². The molecule has 0 aliphatic rings. The highest BCUT2D eigenvalue weighted by atomic mass is 32.2. The minimum Gasteiger partial charge on any atom is -0.397 e. The summed E-state index contributed by atoms with van der Waals surface area (Å²) in [4.78, 5) is 23.3. The molecule has 0 saturated heterocycles. The number of ether oxygens (including phenoxy) is 2. The fourth-order valence-corrected chi connectivity index (χ4v) is 4.64. The first-order valence-electron chi connectivity index (χ1n) is 10.3. The van der Waals surface area contributed by atoms with Crippen molar-refractivity contribution < 1.29 is 14.3 Å². The smallest absolute Gasteiger partial charge is 0.263 e. The maximum atomic E-state index is 12.8. The van der Waals surface area contributed by atoms with Gasteiger partial charge in [0.25, 0.3) is 5.91 Å². The van der Waals surface area contributed by atoms with E-state index in [1.165, 1.54) is 23.1 Å². The number of thioether (sulfide) groups is 1. The van der Waals surface area contributed by atoms with Gasteiger partial charge in [0, 0.05) is 31.7 Å². The van der Waals surface area contributed by atoms with Crippen LogP contribution in [0.1, 0.15) is 36.4 Å². The fourth-order valence-electron chi connectivity index (χ4n) is 3.20. The number of hydrogen-bond acceptors (Lipinski definition) is 8. The number of amides is 1. The molecular formula is C22H28N4O3S2. The zero-order chi connectivity index (χ0) is 22.2. The number of nitrogens with two attached hydrogens (primary N) is 1. The van der Waals surface area contributed by atoms with E-state index in [2.05, 4.69) is 15.3 Å². The Labute approximate surface area is 190 Å². The Morgan fingerprint density at radius 3 is 2.55 bits per heavy atom. The summed E-state index contributed by atoms with van der Waals surface area (Å²) in [5.41, 5.74) is 8.54. The summed E-state index contributed by atoms with van der Waals surface area (Å²) < 4.78 is 11.1. The fraction of sp³-hybridized carbons (Fsp3) is 0.409. The van der Waals surface area contributed by atoms with Gasteiger partial charge < -0.3 is 20.5 Å². The highest BCUT2D eigenvalue weighted by molar-refractivity contribution is 7.98. The number of benzene rings is 1. The molecule has 166 valence electrons. The van der Waals surface area contributed by atoms with Crippen LogP contribution in [0, 0.1) is 0 Å². The first-order chi connectivity index (χ1) is 15.1. The second kappa shape index (κ2) is 11.4. The van der Waals surface area contributed by atoms with Gasteiger partial charge in [0.05, 0.1) is 16.8 Å². The molecule has 0 atom stereocenters. The molecule has 0 radical (unpaired) electrons. The molecule has 31 heavy (non-hydrogen) atoms. The number of nitrogens with one attached hydrogen (secondary N) is 1. The van der Waals surface area contributed by atoms with Gasteiger partial charge >= 0.3 is 0 Å². The van der Waals surface area contributed by atoms with E-state index < -0.39 is 0 Å². The van der Waals surface area contributed by atoms with Crippen molar-refractivity contribution in [1.29, 1.82) is 0 Å². The summed E-state index contributed by atoms with van der Waals surface area (Å²) in [6, 6.07) is 9.83. The van der Waals surface area contributed by atoms with E-state index in [0.717, 1.165) is 23.1 Å². The van der Waals surface area contributed by atoms with Gasteiger partial charge in [-0.1, -0.05) is 42.1 Å². The minimum absolute atomic E-state index is 0.199. The summed E-state index contributed by atoms with van der Waals surface area (Å²) in [5.74, 6) is -0.199. The molecule has 0 bridgehead atoms. The van der Waals surface area contributed by atoms with Gasteiger partial charge in [-0.15, -0.1) is 11.3 Å². The monoisotopic (exact) mass is 460 g/mol. The maximum Gasteiger partial charge on any atom is 0.263 e. The minimum atomic E-state index is -0.241. The van der Waals surface area contributed by atoms with Crippen LogP contribution < -0.4 is 11.1 Å². The Hall–Kier alpha value is -2.20. The molecule has 2 heterocycles. The van der Waals surface area contributed by atoms with E-state index in [0.29, 0.717) is 46.7 Å². The van der Waals surface area contributed by atoms with Crippen LogP contribution in [0.25, 0.3) is 21.5 Å². The molecule has 9 heteroatoms. The van der Waals surface area contributed by atoms with Gasteiger partial charge in [-0.3, -0.25) is 4.79 Å². The third kappa shape index (κ3) is 5.74. The highest BCUT2D eigenvalue weighted by Crippen LogP contribution is 2.39. The molecule has 0 aliphatic carbocycles. The molecule has 3 rings (SSSR count). The normalized spacial score (nSPS) is 11.4. The van der Waals surface area contributed by atoms with Gasteiger partial charge in [0.1, 0.15) is 9.71 Å². The third-order valence-corrected chi connectivity index (χ3v) is 6.26. The van der Waals surface area contributed by atoms with Gasteiger partial charge in [-0.2, -0.15) is 0 Å². The molecule has 0 spiro atoms. The number of carbonyl (C=O) groups is 1. The number of nitrogens with zero attached hydrogens (tertiary/aromatic N) is 2. The van der Waals surface area contributed by atoms with Gasteiger partial charge in [0.2, 0.25) is 0 Å². The molecule has 0 fully saturated rings. The van der Waals surface area contributed by atoms with Crippen LogP contribution in [0.3, 0.4) is 0 Å². The Morgan fingerprint density at radius 2 is 1.90 bits per heavy atom. The SMILES string of the molecule is CCOC(CCCNC(=O)c1sc2nc(SC)nc(-c3ccccc3)c2c1N)OCC. The molecule has 1 aromatic carbocycles. The van der Waals surface area contributed by atoms with Crippen molar-refractivity contribution in [2.24, 2.45) is 0 Å². The Morgan fingerprint density at radius 1 is 1.19 bits per heavy atom. The summed E-state index contributed by atoms with van der Waals surface area (Å²) in [7, 11) is 0. The number of fused-ring (bicyclic) bond motifs is 1. The van der Waals surface area contributed by atoms with Gasteiger partial charge in [-0.25, -0.2) is 9.97 Å². The average molecular weight is 461 g/mol. The molecule has 3 aromatic rings. The van der Waals surface area contributed by atoms with Crippen LogP contribution in [0.4, 0.5) is 5.69 Å². The van der Waals surface area contributed by atoms with E-state index in [4.69, 9.17) is 15.2 Å². The predicted octanol–water partition coefficient (Wildman–Crippen LogP) is 4.57. The van der Waals surface area contributed by atoms with Crippen molar-refractivity contribution in [2.45, 2.75) is 38.1 Å². The molecule has 2 aromatic heterocycles. The van der Waals surface area contributed by atoms with Crippen molar-refractivity contribution in [3.63, 3.8) is 0 Å². The van der Waals surface area contributed by atoms with E-state index in [1.54, 1.807) is 0 Å². The molecule has 0 unspecified atom stereocenters. The zero-order valence-corrected chi connectivity index (χ0v) is 19.6. The van der Waals surface area contributed by atoms with E-state index in [1.807, 2.05) is 50.4 Å². The molecular weight excluding hydrogens is 432 g/mol. The van der Waals surface area contributed by atoms with E-state index in [-0.39, 0.29) is 12.2 Å². The number of carbonyl (C=O) groups excluding carboxylic acids is 1. The van der Waals surface area contributed by atoms with Crippen LogP contribution >= 0.6 is 23.1 Å². The second-order valence-corrected chi connectivity index (χ2v) is 8.46. The van der Waals surface area contributed by atoms with Crippen LogP contribution in [0.2, 0.25) is 0 Å². The Kier molecular flexibility index (Phi) is 8.65. The lowest BCUT2D eigenvalue weighted by Crippen LogP contribution is -2.26. The summed E-state index contributed by atoms with van der Waals surface area (Å²) >= 11 is 2.76. The molecule has 1 amide bonds. The molecule has 7 nitrogen and oxygen atoms in total. The Balaban J connectivity index is 1.78. The van der Waals surface area contributed by atoms with Crippen LogP contribution in [-0.4, -0.2) is 48.2 Å². The van der Waals surface area contributed by atoms with Crippen molar-refractivity contribution >= 4 is 44.9 Å². The van der Waals surface area contributed by atoms with Crippen LogP contribution in [0.15, 0.2) is 35.5 Å². The topological polar surface area (TPSA) is 99.4 Å². The van der Waals surface area contributed by atoms with Crippen molar-refractivity contribution in [2.75, 3.05) is 31.7 Å². The largest absolute Gasteiger partial charge is 0.397 e. The van der Waals surface area contributed by atoms with Gasteiger partial charge in [-0.05, 0) is 26.5 Å². The quantitative estimate of drug-likeness (QED) is 0.187. The predicted molar refractivity (Wildman–Crippen MR) is 128 cm³/mol. The zero-order valence-electron chi connectivity index (χ0n) is 18.0. The number of aromatic nitrogens is 2. The number of rotatable bonds is 11. The lowest BCUT2D eigenvalue weighted by Gasteiger charge is -2.16. The standard InChI is InChI=1S/C22H28N4O3S2/c1-4-28-15(29-5-2)12-9-13-24-20(27)19-17(23)16-18(14-10-7-6-8-11-14)25-22(30-3)26-21(16)31-19/h6-8,10-11,15H,4-5,9,12-13,23H2,1-3H3,(H,24,27). The Bertz CT molecular complexity index is 1000. The first-order valence-corrected chi connectivity index (χ1v) is 12.3. The molecule has 3 N–H and O–H groups in total. The first kappa shape index (κ1) is 23.5. The average Bonchev–Trinajstić information content (AvgIpc) is 3.13. The lowest BCUT2D eigenvalue weighted by atomic mass is 10.1. The van der Waals surface area contributed by atoms with Crippen molar-refractivity contribution in [3.8, 4) is 11.3 Å². The number of nitrogen functional groups attached to an aromatic ring is 1. The van der Waals surface area contributed by atoms with Crippen LogP contribution in [-0.2, 0) is 9.47 Å². The van der Waals surface area contributed by atoms with Crippen molar-refractivity contribution in [3.05, 3.63) is 35.2 Å². The third-order valence-electron chi connectivity index (χ3n) is 4.61. The summed E-state index contributed by atoms with van der Waals surface area (Å²) in [6.45, 7) is 5.58. The highest BCUT2D eigenvalue weighted by Gasteiger charge is 2.22. The second-order valence-electron chi connectivity index (χ2n) is 6.69. The van der Waals surface area contributed by atoms with Gasteiger partial charge in [0.15, 0.2) is 11.4 Å². The summed E-state index contributed by atoms with van der Waals surface area (Å²) in [6.07, 6.45) is 3.14. The number of anilines is 1. The lowest BCUT2D eigenvalue weighted by molar-refractivity contribution is -0.139. The summed E-state index contributed by atoms with van der Waals surface area (Å²) in [5, 5.41) is 4.33. The number of hydrogen-bond donors (Lipinski definition) is 2.